The molecule has 1 aromatic rings. The van der Waals surface area contributed by atoms with E-state index in [-0.39, 0.29) is 0 Å². The molecule has 0 spiro atoms. The number of amides is 1. The van der Waals surface area contributed by atoms with Crippen LogP contribution < -0.4 is 10.6 Å². The molecule has 0 saturated carbocycles. The number of piperidine rings is 1. The van der Waals surface area contributed by atoms with Gasteiger partial charge in [-0.15, -0.1) is 0 Å². The quantitative estimate of drug-likeness (QED) is 0.579. The summed E-state index contributed by atoms with van der Waals surface area (Å²) in [4.78, 5) is 12.3. The first-order chi connectivity index (χ1) is 10.8. The van der Waals surface area contributed by atoms with E-state index < -0.39 is 0 Å². The van der Waals surface area contributed by atoms with Crippen molar-refractivity contribution in [3.63, 3.8) is 0 Å². The van der Waals surface area contributed by atoms with Gasteiger partial charge >= 0.3 is 0 Å². The molecule has 0 atom stereocenters. The zero-order valence-electron chi connectivity index (χ0n) is 13.2. The monoisotopic (exact) mass is 305 g/mol. The minimum Gasteiger partial charge on any atom is -0.508 e. The van der Waals surface area contributed by atoms with Crippen LogP contribution in [0.25, 0.3) is 0 Å². The van der Waals surface area contributed by atoms with Gasteiger partial charge in [0.05, 0.1) is 0 Å². The number of rotatable bonds is 4. The maximum absolute atomic E-state index is 9.92. The lowest BCUT2D eigenvalue weighted by Crippen LogP contribution is -2.35. The van der Waals surface area contributed by atoms with E-state index in [1.165, 1.54) is 43.5 Å². The Bertz CT molecular complexity index is 459. The molecule has 5 nitrogen and oxygen atoms in total. The smallest absolute Gasteiger partial charge is 0.207 e. The second kappa shape index (κ2) is 9.43. The molecule has 1 aromatic carbocycles. The number of nitrogens with one attached hydrogen (secondary N) is 2. The van der Waals surface area contributed by atoms with Gasteiger partial charge in [0.1, 0.15) is 5.75 Å². The highest BCUT2D eigenvalue weighted by Crippen LogP contribution is 2.18. The molecule has 0 unspecified atom stereocenters. The van der Waals surface area contributed by atoms with Crippen LogP contribution in [0.1, 0.15) is 30.4 Å². The van der Waals surface area contributed by atoms with Crippen molar-refractivity contribution in [1.29, 1.82) is 0 Å². The van der Waals surface area contributed by atoms with Crippen molar-refractivity contribution in [2.45, 2.75) is 32.2 Å². The van der Waals surface area contributed by atoms with E-state index in [0.29, 0.717) is 5.75 Å². The summed E-state index contributed by atoms with van der Waals surface area (Å²) in [5.41, 5.74) is 2.60. The van der Waals surface area contributed by atoms with Crippen molar-refractivity contribution in [2.75, 3.05) is 32.7 Å². The van der Waals surface area contributed by atoms with Gasteiger partial charge in [-0.3, -0.25) is 4.79 Å². The summed E-state index contributed by atoms with van der Waals surface area (Å²) < 4.78 is 0. The number of phenolic OH excluding ortho intramolecular Hbond substituents is 1. The first-order valence-corrected chi connectivity index (χ1v) is 8.20. The Balaban J connectivity index is 0.000000160. The number of hydrogen-bond acceptors (Lipinski definition) is 4. The van der Waals surface area contributed by atoms with Crippen molar-refractivity contribution in [2.24, 2.45) is 0 Å². The Hall–Kier alpha value is -1.59. The number of benzene rings is 1. The van der Waals surface area contributed by atoms with Gasteiger partial charge in [0.2, 0.25) is 6.41 Å². The molecule has 1 saturated heterocycles. The summed E-state index contributed by atoms with van der Waals surface area (Å²) in [6.07, 6.45) is 5.86. The Morgan fingerprint density at radius 2 is 2.05 bits per heavy atom. The standard InChI is InChI=1S/C9H11NO.C8H16N2O/c11-9-2-1-7-3-4-10-6-8(7)5-9;11-8-9-4-7-10-5-2-1-3-6-10/h1-2,5,10-11H,3-4,6H2;8H,1-7H2,(H,9,11). The fraction of sp³-hybridized carbons (Fsp3) is 0.588. The molecular formula is C17H27N3O2. The maximum Gasteiger partial charge on any atom is 0.207 e. The first kappa shape index (κ1) is 16.8. The summed E-state index contributed by atoms with van der Waals surface area (Å²) in [6, 6.07) is 5.59. The molecule has 0 aromatic heterocycles. The second-order valence-corrected chi connectivity index (χ2v) is 5.85. The van der Waals surface area contributed by atoms with E-state index in [9.17, 15) is 4.79 Å². The van der Waals surface area contributed by atoms with Gasteiger partial charge in [-0.1, -0.05) is 12.5 Å². The minimum absolute atomic E-state index is 0.368. The summed E-state index contributed by atoms with van der Waals surface area (Å²) in [7, 11) is 0. The highest BCUT2D eigenvalue weighted by Gasteiger charge is 2.08. The Morgan fingerprint density at radius 3 is 2.82 bits per heavy atom. The SMILES string of the molecule is O=CNCCN1CCCCC1.Oc1ccc2c(c1)CNCC2. The van der Waals surface area contributed by atoms with Gasteiger partial charge in [0, 0.05) is 19.6 Å². The number of fused-ring (bicyclic) bond motifs is 1. The predicted octanol–water partition coefficient (Wildman–Crippen LogP) is 1.26. The lowest BCUT2D eigenvalue weighted by molar-refractivity contribution is -0.109. The average Bonchev–Trinajstić information content (AvgIpc) is 2.57. The van der Waals surface area contributed by atoms with Crippen LogP contribution in [0.2, 0.25) is 0 Å². The summed E-state index contributed by atoms with van der Waals surface area (Å²) in [6.45, 7) is 6.17. The zero-order chi connectivity index (χ0) is 15.6. The first-order valence-electron chi connectivity index (χ1n) is 8.20. The van der Waals surface area contributed by atoms with Crippen LogP contribution in [0.5, 0.6) is 5.75 Å². The Kier molecular flexibility index (Phi) is 7.19. The lowest BCUT2D eigenvalue weighted by Gasteiger charge is -2.25. The van der Waals surface area contributed by atoms with Crippen molar-refractivity contribution in [3.05, 3.63) is 29.3 Å². The van der Waals surface area contributed by atoms with Crippen LogP contribution in [0, 0.1) is 0 Å². The van der Waals surface area contributed by atoms with Gasteiger partial charge in [-0.2, -0.15) is 0 Å². The third-order valence-electron chi connectivity index (χ3n) is 4.18. The lowest BCUT2D eigenvalue weighted by atomic mass is 10.0. The zero-order valence-corrected chi connectivity index (χ0v) is 13.2. The van der Waals surface area contributed by atoms with Crippen LogP contribution in [0.3, 0.4) is 0 Å². The van der Waals surface area contributed by atoms with E-state index in [1.54, 1.807) is 6.07 Å². The average molecular weight is 305 g/mol. The molecule has 0 bridgehead atoms. The molecule has 2 heterocycles. The van der Waals surface area contributed by atoms with E-state index in [2.05, 4.69) is 15.5 Å². The molecular weight excluding hydrogens is 278 g/mol. The molecule has 22 heavy (non-hydrogen) atoms. The van der Waals surface area contributed by atoms with Crippen molar-refractivity contribution >= 4 is 6.41 Å². The molecule has 0 radical (unpaired) electrons. The largest absolute Gasteiger partial charge is 0.508 e. The predicted molar refractivity (Wildman–Crippen MR) is 87.9 cm³/mol. The van der Waals surface area contributed by atoms with Gasteiger partial charge in [-0.05, 0) is 62.2 Å². The van der Waals surface area contributed by atoms with Crippen molar-refractivity contribution in [3.8, 4) is 5.75 Å². The molecule has 1 amide bonds. The molecule has 5 heteroatoms. The van der Waals surface area contributed by atoms with E-state index in [0.717, 1.165) is 39.0 Å². The number of aromatic hydroxyl groups is 1. The number of likely N-dealkylation sites (tertiary alicyclic amines) is 1. The van der Waals surface area contributed by atoms with Gasteiger partial charge in [0.25, 0.3) is 0 Å². The van der Waals surface area contributed by atoms with Crippen LogP contribution in [-0.4, -0.2) is 49.1 Å². The van der Waals surface area contributed by atoms with Gasteiger partial charge in [-0.25, -0.2) is 0 Å². The number of nitrogens with zero attached hydrogens (tertiary/aromatic N) is 1. The van der Waals surface area contributed by atoms with Crippen LogP contribution in [0.4, 0.5) is 0 Å². The fourth-order valence-electron chi connectivity index (χ4n) is 2.93. The van der Waals surface area contributed by atoms with E-state index >= 15 is 0 Å². The number of hydrogen-bond donors (Lipinski definition) is 3. The number of carbonyl (C=O) groups is 1. The normalized spacial score (nSPS) is 17.8. The maximum atomic E-state index is 9.92. The van der Waals surface area contributed by atoms with Crippen LogP contribution >= 0.6 is 0 Å². The van der Waals surface area contributed by atoms with Crippen LogP contribution in [0.15, 0.2) is 18.2 Å². The third kappa shape index (κ3) is 5.66. The van der Waals surface area contributed by atoms with Crippen molar-refractivity contribution < 1.29 is 9.90 Å². The van der Waals surface area contributed by atoms with Crippen LogP contribution in [-0.2, 0) is 17.8 Å². The number of phenols is 1. The van der Waals surface area contributed by atoms with E-state index in [1.807, 2.05) is 12.1 Å². The summed E-state index contributed by atoms with van der Waals surface area (Å²) >= 11 is 0. The summed E-state index contributed by atoms with van der Waals surface area (Å²) in [5, 5.41) is 15.1. The molecule has 122 valence electrons. The third-order valence-corrected chi connectivity index (χ3v) is 4.18. The molecule has 2 aliphatic rings. The molecule has 2 aliphatic heterocycles. The molecule has 1 fully saturated rings. The minimum atomic E-state index is 0.368. The molecule has 3 N–H and O–H groups in total. The topological polar surface area (TPSA) is 64.6 Å². The van der Waals surface area contributed by atoms with E-state index in [4.69, 9.17) is 5.11 Å². The molecule has 3 rings (SSSR count). The van der Waals surface area contributed by atoms with Gasteiger partial charge in [0.15, 0.2) is 0 Å². The van der Waals surface area contributed by atoms with Gasteiger partial charge < -0.3 is 20.6 Å². The highest BCUT2D eigenvalue weighted by atomic mass is 16.3. The number of carbonyl (C=O) groups excluding carboxylic acids is 1. The fourth-order valence-corrected chi connectivity index (χ4v) is 2.93. The Labute approximate surface area is 132 Å². The molecule has 0 aliphatic carbocycles. The summed E-state index contributed by atoms with van der Waals surface area (Å²) in [5.74, 6) is 0.368. The van der Waals surface area contributed by atoms with Crippen molar-refractivity contribution in [1.82, 2.24) is 15.5 Å². The highest BCUT2D eigenvalue weighted by molar-refractivity contribution is 5.45. The Morgan fingerprint density at radius 1 is 1.23 bits per heavy atom. The second-order valence-electron chi connectivity index (χ2n) is 5.85.